The van der Waals surface area contributed by atoms with E-state index in [1.54, 1.807) is 12.1 Å². The van der Waals surface area contributed by atoms with Crippen molar-refractivity contribution in [2.75, 3.05) is 6.61 Å². The predicted molar refractivity (Wildman–Crippen MR) is 131 cm³/mol. The fourth-order valence-electron chi connectivity index (χ4n) is 6.67. The Morgan fingerprint density at radius 3 is 1.97 bits per heavy atom. The lowest BCUT2D eigenvalue weighted by molar-refractivity contribution is -0.152. The van der Waals surface area contributed by atoms with Crippen molar-refractivity contribution in [3.63, 3.8) is 0 Å². The molecule has 0 spiro atoms. The lowest BCUT2D eigenvalue weighted by Crippen LogP contribution is -2.60. The molecule has 4 aliphatic carbocycles. The molecule has 6 nitrogen and oxygen atoms in total. The lowest BCUT2D eigenvalue weighted by atomic mass is 9.53. The van der Waals surface area contributed by atoms with Gasteiger partial charge in [-0.3, -0.25) is 9.59 Å². The highest BCUT2D eigenvalue weighted by Gasteiger charge is 2.51. The van der Waals surface area contributed by atoms with E-state index in [-0.39, 0.29) is 35.3 Å². The van der Waals surface area contributed by atoms with E-state index in [0.717, 1.165) is 42.6 Å². The van der Waals surface area contributed by atoms with Crippen LogP contribution >= 0.6 is 0 Å². The standard InChI is InChI=1S/C28H40N2O4/c1-17(2)24(29-25(32)21-6-8-22(9-7-21)27(3,4)5)26(33)34-16-23(31)30-28-13-18-10-19(14-28)12-20(11-18)15-28/h6-9,17-20,24H,10-16H2,1-5H3,(H,29,32)(H,30,31). The van der Waals surface area contributed by atoms with Crippen molar-refractivity contribution < 1.29 is 19.1 Å². The first-order chi connectivity index (χ1) is 15.9. The van der Waals surface area contributed by atoms with E-state index in [4.69, 9.17) is 4.74 Å². The predicted octanol–water partition coefficient (Wildman–Crippen LogP) is 4.37. The van der Waals surface area contributed by atoms with Gasteiger partial charge in [0.2, 0.25) is 0 Å². The first-order valence-electron chi connectivity index (χ1n) is 12.8. The molecule has 4 bridgehead atoms. The molecule has 0 aromatic heterocycles. The van der Waals surface area contributed by atoms with Crippen LogP contribution in [0.25, 0.3) is 0 Å². The van der Waals surface area contributed by atoms with Crippen LogP contribution in [0.5, 0.6) is 0 Å². The van der Waals surface area contributed by atoms with Crippen molar-refractivity contribution in [2.24, 2.45) is 23.7 Å². The van der Waals surface area contributed by atoms with Crippen LogP contribution in [0, 0.1) is 23.7 Å². The van der Waals surface area contributed by atoms with Gasteiger partial charge in [-0.15, -0.1) is 0 Å². The summed E-state index contributed by atoms with van der Waals surface area (Å²) >= 11 is 0. The number of benzene rings is 1. The van der Waals surface area contributed by atoms with E-state index >= 15 is 0 Å². The second kappa shape index (κ2) is 9.35. The molecule has 5 rings (SSSR count). The number of ether oxygens (including phenoxy) is 1. The molecule has 4 fully saturated rings. The number of amides is 2. The van der Waals surface area contributed by atoms with Crippen molar-refractivity contribution in [1.29, 1.82) is 0 Å². The highest BCUT2D eigenvalue weighted by molar-refractivity contribution is 5.97. The number of carbonyl (C=O) groups excluding carboxylic acids is 3. The largest absolute Gasteiger partial charge is 0.454 e. The third kappa shape index (κ3) is 5.47. The van der Waals surface area contributed by atoms with Crippen LogP contribution in [0.15, 0.2) is 24.3 Å². The summed E-state index contributed by atoms with van der Waals surface area (Å²) in [7, 11) is 0. The number of nitrogens with one attached hydrogen (secondary N) is 2. The van der Waals surface area contributed by atoms with Gasteiger partial charge in [-0.05, 0) is 85.3 Å². The van der Waals surface area contributed by atoms with Gasteiger partial charge < -0.3 is 15.4 Å². The third-order valence-electron chi connectivity index (χ3n) is 8.01. The van der Waals surface area contributed by atoms with Gasteiger partial charge in [0.15, 0.2) is 6.61 Å². The molecule has 1 atom stereocenters. The van der Waals surface area contributed by atoms with Crippen molar-refractivity contribution in [2.45, 2.75) is 90.1 Å². The average molecular weight is 469 g/mol. The van der Waals surface area contributed by atoms with E-state index in [0.29, 0.717) is 5.56 Å². The van der Waals surface area contributed by atoms with Gasteiger partial charge in [-0.1, -0.05) is 46.8 Å². The van der Waals surface area contributed by atoms with Gasteiger partial charge in [0.1, 0.15) is 6.04 Å². The zero-order valence-electron chi connectivity index (χ0n) is 21.3. The molecule has 0 aliphatic heterocycles. The molecule has 1 aromatic carbocycles. The number of hydrogen-bond donors (Lipinski definition) is 2. The van der Waals surface area contributed by atoms with Crippen molar-refractivity contribution in [3.05, 3.63) is 35.4 Å². The molecular formula is C28H40N2O4. The molecule has 34 heavy (non-hydrogen) atoms. The molecule has 4 saturated carbocycles. The highest BCUT2D eigenvalue weighted by atomic mass is 16.5. The summed E-state index contributed by atoms with van der Waals surface area (Å²) in [6, 6.07) is 6.61. The van der Waals surface area contributed by atoms with Crippen LogP contribution in [-0.2, 0) is 19.7 Å². The summed E-state index contributed by atoms with van der Waals surface area (Å²) < 4.78 is 5.38. The maximum atomic E-state index is 12.8. The third-order valence-corrected chi connectivity index (χ3v) is 8.01. The smallest absolute Gasteiger partial charge is 0.329 e. The lowest BCUT2D eigenvalue weighted by Gasteiger charge is -2.56. The molecule has 2 N–H and O–H groups in total. The number of carbonyl (C=O) groups is 3. The Morgan fingerprint density at radius 2 is 1.50 bits per heavy atom. The first kappa shape index (κ1) is 24.7. The summed E-state index contributed by atoms with van der Waals surface area (Å²) in [5, 5.41) is 6.02. The maximum Gasteiger partial charge on any atom is 0.329 e. The molecule has 1 unspecified atom stereocenters. The van der Waals surface area contributed by atoms with Gasteiger partial charge in [0, 0.05) is 11.1 Å². The van der Waals surface area contributed by atoms with E-state index < -0.39 is 12.0 Å². The quantitative estimate of drug-likeness (QED) is 0.582. The molecule has 0 saturated heterocycles. The summed E-state index contributed by atoms with van der Waals surface area (Å²) in [5.41, 5.74) is 1.51. The van der Waals surface area contributed by atoms with Gasteiger partial charge in [0.25, 0.3) is 11.8 Å². The Labute approximate surface area is 203 Å². The fraction of sp³-hybridized carbons (Fsp3) is 0.679. The molecule has 0 radical (unpaired) electrons. The molecule has 2 amide bonds. The summed E-state index contributed by atoms with van der Waals surface area (Å²) in [6.45, 7) is 9.75. The fourth-order valence-corrected chi connectivity index (χ4v) is 6.67. The summed E-state index contributed by atoms with van der Waals surface area (Å²) in [5.74, 6) is 0.883. The molecule has 6 heteroatoms. The molecular weight excluding hydrogens is 428 g/mol. The Morgan fingerprint density at radius 1 is 0.971 bits per heavy atom. The van der Waals surface area contributed by atoms with Gasteiger partial charge in [0.05, 0.1) is 0 Å². The Hall–Kier alpha value is -2.37. The summed E-state index contributed by atoms with van der Waals surface area (Å²) in [6.07, 6.45) is 7.07. The minimum atomic E-state index is -0.817. The van der Waals surface area contributed by atoms with E-state index in [1.165, 1.54) is 19.3 Å². The minimum Gasteiger partial charge on any atom is -0.454 e. The molecule has 1 aromatic rings. The van der Waals surface area contributed by atoms with Gasteiger partial charge in [-0.25, -0.2) is 4.79 Å². The zero-order chi connectivity index (χ0) is 24.7. The number of hydrogen-bond acceptors (Lipinski definition) is 4. The van der Waals surface area contributed by atoms with E-state index in [9.17, 15) is 14.4 Å². The van der Waals surface area contributed by atoms with Gasteiger partial charge in [-0.2, -0.15) is 0 Å². The van der Waals surface area contributed by atoms with Crippen LogP contribution in [0.4, 0.5) is 0 Å². The van der Waals surface area contributed by atoms with Crippen LogP contribution in [0.3, 0.4) is 0 Å². The van der Waals surface area contributed by atoms with Gasteiger partial charge >= 0.3 is 5.97 Å². The Bertz CT molecular complexity index is 893. The maximum absolute atomic E-state index is 12.8. The SMILES string of the molecule is CC(C)C(NC(=O)c1ccc(C(C)(C)C)cc1)C(=O)OCC(=O)NC12CC3CC(CC(C3)C1)C2. The monoisotopic (exact) mass is 468 g/mol. The van der Waals surface area contributed by atoms with Crippen LogP contribution in [-0.4, -0.2) is 36.0 Å². The van der Waals surface area contributed by atoms with Crippen LogP contribution < -0.4 is 10.6 Å². The second-order valence-electron chi connectivity index (χ2n) is 12.4. The second-order valence-corrected chi connectivity index (χ2v) is 12.4. The topological polar surface area (TPSA) is 84.5 Å². The Balaban J connectivity index is 1.30. The number of rotatable bonds is 7. The average Bonchev–Trinajstić information content (AvgIpc) is 2.73. The molecule has 4 aliphatic rings. The van der Waals surface area contributed by atoms with Crippen molar-refractivity contribution in [1.82, 2.24) is 10.6 Å². The normalized spacial score (nSPS) is 28.5. The van der Waals surface area contributed by atoms with Crippen molar-refractivity contribution >= 4 is 17.8 Å². The van der Waals surface area contributed by atoms with Crippen LogP contribution in [0.2, 0.25) is 0 Å². The van der Waals surface area contributed by atoms with E-state index in [2.05, 4.69) is 31.4 Å². The first-order valence-corrected chi connectivity index (χ1v) is 12.8. The molecule has 186 valence electrons. The molecule has 0 heterocycles. The minimum absolute atomic E-state index is 0.00394. The van der Waals surface area contributed by atoms with E-state index in [1.807, 2.05) is 26.0 Å². The number of esters is 1. The Kier molecular flexibility index (Phi) is 6.80. The highest BCUT2D eigenvalue weighted by Crippen LogP contribution is 2.55. The van der Waals surface area contributed by atoms with Crippen molar-refractivity contribution in [3.8, 4) is 0 Å². The zero-order valence-corrected chi connectivity index (χ0v) is 21.3. The van der Waals surface area contributed by atoms with Crippen LogP contribution in [0.1, 0.15) is 89.1 Å². The summed E-state index contributed by atoms with van der Waals surface area (Å²) in [4.78, 5) is 38.3.